The number of hydrazone groups is 1. The number of carbonyl (C=O) groups excluding carboxylic acids is 2. The van der Waals surface area contributed by atoms with Gasteiger partial charge in [-0.1, -0.05) is 6.07 Å². The van der Waals surface area contributed by atoms with Gasteiger partial charge in [0.25, 0.3) is 15.9 Å². The van der Waals surface area contributed by atoms with Crippen LogP contribution >= 0.6 is 0 Å². The van der Waals surface area contributed by atoms with Crippen molar-refractivity contribution < 1.29 is 36.6 Å². The van der Waals surface area contributed by atoms with Crippen LogP contribution in [0.3, 0.4) is 0 Å². The van der Waals surface area contributed by atoms with Crippen LogP contribution in [0.2, 0.25) is 0 Å². The van der Waals surface area contributed by atoms with Crippen molar-refractivity contribution in [2.24, 2.45) is 5.10 Å². The highest BCUT2D eigenvalue weighted by Gasteiger charge is 2.17. The summed E-state index contributed by atoms with van der Waals surface area (Å²) in [6.07, 6.45) is 2.71. The average molecular weight is 550 g/mol. The molecule has 0 saturated heterocycles. The summed E-state index contributed by atoms with van der Waals surface area (Å²) in [7, 11) is -1.03. The quantitative estimate of drug-likeness (QED) is 0.130. The van der Waals surface area contributed by atoms with Gasteiger partial charge in [0.1, 0.15) is 5.75 Å². The van der Waals surface area contributed by atoms with Crippen LogP contribution in [0.5, 0.6) is 17.2 Å². The molecule has 0 radical (unpaired) electrons. The number of sulfonamides is 1. The Balaban J connectivity index is 1.41. The van der Waals surface area contributed by atoms with Gasteiger partial charge in [-0.2, -0.15) is 5.10 Å². The van der Waals surface area contributed by atoms with Gasteiger partial charge in [0, 0.05) is 11.3 Å². The van der Waals surface area contributed by atoms with Crippen molar-refractivity contribution in [3.05, 3.63) is 102 Å². The molecule has 1 amide bonds. The maximum atomic E-state index is 12.8. The van der Waals surface area contributed by atoms with E-state index < -0.39 is 21.9 Å². The number of nitrogens with zero attached hydrogens (tertiary/aromatic N) is 1. The third-order valence-corrected chi connectivity index (χ3v) is 6.62. The Morgan fingerprint density at radius 2 is 1.69 bits per heavy atom. The lowest BCUT2D eigenvalue weighted by Crippen LogP contribution is -2.19. The number of carbonyl (C=O) groups is 2. The number of rotatable bonds is 10. The maximum absolute atomic E-state index is 12.8. The van der Waals surface area contributed by atoms with Crippen molar-refractivity contribution in [2.45, 2.75) is 4.90 Å². The molecule has 0 spiro atoms. The number of anilines is 1. The van der Waals surface area contributed by atoms with E-state index in [1.54, 1.807) is 42.5 Å². The number of benzene rings is 3. The van der Waals surface area contributed by atoms with Gasteiger partial charge in [0.15, 0.2) is 11.5 Å². The first-order chi connectivity index (χ1) is 18.8. The number of amides is 1. The van der Waals surface area contributed by atoms with Crippen LogP contribution in [0, 0.1) is 0 Å². The smallest absolute Gasteiger partial charge is 0.379 e. The normalized spacial score (nSPS) is 11.1. The Bertz CT molecular complexity index is 1600. The lowest BCUT2D eigenvalue weighted by molar-refractivity contribution is 0.0696. The standard InChI is InChI=1S/C27H23N3O8S/c1-35-21-11-9-20(10-12-21)30-39(33,34)22-6-3-5-19(16-22)26(31)29-28-17-18-8-13-23(25(15-18)36-2)38-27(32)24-7-4-14-37-24/h3-17,30H,1-2H3,(H,29,31)/b28-17+. The summed E-state index contributed by atoms with van der Waals surface area (Å²) in [4.78, 5) is 24.6. The summed E-state index contributed by atoms with van der Waals surface area (Å²) in [6, 6.07) is 19.6. The number of hydrogen-bond donors (Lipinski definition) is 2. The van der Waals surface area contributed by atoms with E-state index in [1.165, 1.54) is 63.1 Å². The third-order valence-electron chi connectivity index (χ3n) is 5.24. The van der Waals surface area contributed by atoms with Crippen LogP contribution < -0.4 is 24.4 Å². The minimum atomic E-state index is -3.95. The van der Waals surface area contributed by atoms with Gasteiger partial charge in [-0.05, 0) is 78.4 Å². The number of nitrogens with one attached hydrogen (secondary N) is 2. The summed E-state index contributed by atoms with van der Waals surface area (Å²) in [6.45, 7) is 0. The van der Waals surface area contributed by atoms with Crippen molar-refractivity contribution in [2.75, 3.05) is 18.9 Å². The number of furan rings is 1. The molecule has 0 aliphatic carbocycles. The summed E-state index contributed by atoms with van der Waals surface area (Å²) in [5.41, 5.74) is 3.31. The largest absolute Gasteiger partial charge is 0.497 e. The van der Waals surface area contributed by atoms with Crippen LogP contribution in [0.4, 0.5) is 5.69 Å². The van der Waals surface area contributed by atoms with Crippen molar-refractivity contribution in [1.29, 1.82) is 0 Å². The number of ether oxygens (including phenoxy) is 3. The molecule has 1 heterocycles. The molecule has 2 N–H and O–H groups in total. The second kappa shape index (κ2) is 12.0. The fourth-order valence-electron chi connectivity index (χ4n) is 3.30. The Morgan fingerprint density at radius 3 is 2.38 bits per heavy atom. The molecular weight excluding hydrogens is 526 g/mol. The second-order valence-electron chi connectivity index (χ2n) is 7.84. The molecule has 3 aromatic carbocycles. The van der Waals surface area contributed by atoms with Gasteiger partial charge in [0.2, 0.25) is 5.76 Å². The molecule has 0 unspecified atom stereocenters. The fraction of sp³-hybridized carbons (Fsp3) is 0.0741. The first-order valence-electron chi connectivity index (χ1n) is 11.3. The van der Waals surface area contributed by atoms with E-state index in [9.17, 15) is 18.0 Å². The molecule has 0 aliphatic rings. The summed E-state index contributed by atoms with van der Waals surface area (Å²) in [5, 5.41) is 3.92. The van der Waals surface area contributed by atoms with E-state index in [-0.39, 0.29) is 27.7 Å². The molecule has 12 heteroatoms. The van der Waals surface area contributed by atoms with Gasteiger partial charge >= 0.3 is 5.97 Å². The van der Waals surface area contributed by atoms with Crippen LogP contribution in [-0.4, -0.2) is 40.7 Å². The second-order valence-corrected chi connectivity index (χ2v) is 9.52. The molecule has 4 aromatic rings. The Labute approximate surface area is 224 Å². The third kappa shape index (κ3) is 6.81. The molecule has 0 saturated carbocycles. The van der Waals surface area contributed by atoms with Crippen LogP contribution in [0.25, 0.3) is 0 Å². The van der Waals surface area contributed by atoms with Crippen molar-refractivity contribution >= 4 is 33.8 Å². The number of hydrogen-bond acceptors (Lipinski definition) is 9. The maximum Gasteiger partial charge on any atom is 0.379 e. The summed E-state index contributed by atoms with van der Waals surface area (Å²) >= 11 is 0. The highest BCUT2D eigenvalue weighted by atomic mass is 32.2. The Kier molecular flexibility index (Phi) is 8.27. The lowest BCUT2D eigenvalue weighted by atomic mass is 10.2. The van der Waals surface area contributed by atoms with E-state index >= 15 is 0 Å². The lowest BCUT2D eigenvalue weighted by Gasteiger charge is -2.10. The first kappa shape index (κ1) is 26.9. The zero-order chi connectivity index (χ0) is 27.8. The van der Waals surface area contributed by atoms with E-state index in [1.807, 2.05) is 0 Å². The van der Waals surface area contributed by atoms with Crippen molar-refractivity contribution in [3.63, 3.8) is 0 Å². The molecule has 0 atom stereocenters. The minimum Gasteiger partial charge on any atom is -0.497 e. The predicted molar refractivity (Wildman–Crippen MR) is 142 cm³/mol. The summed E-state index contributed by atoms with van der Waals surface area (Å²) in [5.74, 6) is -0.258. The van der Waals surface area contributed by atoms with E-state index in [0.717, 1.165) is 0 Å². The van der Waals surface area contributed by atoms with Gasteiger partial charge in [-0.3, -0.25) is 9.52 Å². The summed E-state index contributed by atoms with van der Waals surface area (Å²) < 4.78 is 48.7. The Morgan fingerprint density at radius 1 is 0.897 bits per heavy atom. The minimum absolute atomic E-state index is 0.0405. The Hall–Kier alpha value is -5.10. The van der Waals surface area contributed by atoms with Crippen LogP contribution in [0.15, 0.2) is 99.5 Å². The highest BCUT2D eigenvalue weighted by molar-refractivity contribution is 7.92. The monoisotopic (exact) mass is 549 g/mol. The van der Waals surface area contributed by atoms with Crippen LogP contribution in [-0.2, 0) is 10.0 Å². The van der Waals surface area contributed by atoms with E-state index in [2.05, 4.69) is 15.2 Å². The van der Waals surface area contributed by atoms with Crippen molar-refractivity contribution in [1.82, 2.24) is 5.43 Å². The van der Waals surface area contributed by atoms with Gasteiger partial charge in [0.05, 0.1) is 31.6 Å². The van der Waals surface area contributed by atoms with Crippen molar-refractivity contribution in [3.8, 4) is 17.2 Å². The predicted octanol–water partition coefficient (Wildman–Crippen LogP) is 4.08. The highest BCUT2D eigenvalue weighted by Crippen LogP contribution is 2.28. The topological polar surface area (TPSA) is 146 Å². The SMILES string of the molecule is COc1ccc(NS(=O)(=O)c2cccc(C(=O)N/N=C/c3ccc(OC(=O)c4ccco4)c(OC)c3)c2)cc1. The van der Waals surface area contributed by atoms with E-state index in [0.29, 0.717) is 17.0 Å². The van der Waals surface area contributed by atoms with E-state index in [4.69, 9.17) is 18.6 Å². The molecule has 0 bridgehead atoms. The number of esters is 1. The molecule has 4 rings (SSSR count). The zero-order valence-electron chi connectivity index (χ0n) is 20.8. The van der Waals surface area contributed by atoms with Crippen LogP contribution in [0.1, 0.15) is 26.5 Å². The fourth-order valence-corrected chi connectivity index (χ4v) is 4.41. The molecular formula is C27H23N3O8S. The molecule has 0 aliphatic heterocycles. The zero-order valence-corrected chi connectivity index (χ0v) is 21.6. The molecule has 1 aromatic heterocycles. The van der Waals surface area contributed by atoms with Gasteiger partial charge in [-0.25, -0.2) is 18.6 Å². The molecule has 0 fully saturated rings. The first-order valence-corrected chi connectivity index (χ1v) is 12.8. The number of methoxy groups -OCH3 is 2. The molecule has 200 valence electrons. The van der Waals surface area contributed by atoms with Gasteiger partial charge < -0.3 is 18.6 Å². The average Bonchev–Trinajstić information content (AvgIpc) is 3.49. The molecule has 11 nitrogen and oxygen atoms in total. The molecule has 39 heavy (non-hydrogen) atoms. The van der Waals surface area contributed by atoms with Gasteiger partial charge in [-0.15, -0.1) is 0 Å².